The molecular weight excluding hydrogens is 236 g/mol. The van der Waals surface area contributed by atoms with Crippen molar-refractivity contribution in [2.75, 3.05) is 18.4 Å². The smallest absolute Gasteiger partial charge is 0.148 e. The predicted molar refractivity (Wildman–Crippen MR) is 78.3 cm³/mol. The zero-order chi connectivity index (χ0) is 13.1. The molecule has 1 aliphatic heterocycles. The normalized spacial score (nSPS) is 18.9. The molecular formula is C15H20N4. The summed E-state index contributed by atoms with van der Waals surface area (Å²) in [5.41, 5.74) is 1.03. The summed E-state index contributed by atoms with van der Waals surface area (Å²) in [4.78, 5) is 9.45. The Bertz CT molecular complexity index is 561. The minimum atomic E-state index is 0.312. The SMILES string of the molecule is CCCNc1nc(C2CCCN2)nc2ccccc12. The van der Waals surface area contributed by atoms with Crippen molar-refractivity contribution in [2.24, 2.45) is 0 Å². The first-order chi connectivity index (χ1) is 9.38. The van der Waals surface area contributed by atoms with Gasteiger partial charge >= 0.3 is 0 Å². The van der Waals surface area contributed by atoms with Crippen LogP contribution in [0.4, 0.5) is 5.82 Å². The van der Waals surface area contributed by atoms with Gasteiger partial charge in [-0.1, -0.05) is 19.1 Å². The maximum absolute atomic E-state index is 4.74. The van der Waals surface area contributed by atoms with E-state index in [1.165, 1.54) is 6.42 Å². The van der Waals surface area contributed by atoms with Crippen LogP contribution in [0, 0.1) is 0 Å². The van der Waals surface area contributed by atoms with Crippen molar-refractivity contribution >= 4 is 16.7 Å². The number of hydrogen-bond donors (Lipinski definition) is 2. The van der Waals surface area contributed by atoms with Gasteiger partial charge in [-0.3, -0.25) is 0 Å². The standard InChI is InChI=1S/C15H20N4/c1-2-9-17-14-11-6-3-4-7-12(11)18-15(19-14)13-8-5-10-16-13/h3-4,6-7,13,16H,2,5,8-10H2,1H3,(H,17,18,19). The van der Waals surface area contributed by atoms with Crippen molar-refractivity contribution < 1.29 is 0 Å². The molecule has 1 atom stereocenters. The second kappa shape index (κ2) is 5.53. The molecule has 0 aliphatic carbocycles. The Morgan fingerprint density at radius 2 is 2.21 bits per heavy atom. The highest BCUT2D eigenvalue weighted by Gasteiger charge is 2.20. The number of hydrogen-bond acceptors (Lipinski definition) is 4. The van der Waals surface area contributed by atoms with E-state index in [1.54, 1.807) is 0 Å². The summed E-state index contributed by atoms with van der Waals surface area (Å²) in [6, 6.07) is 8.53. The maximum Gasteiger partial charge on any atom is 0.148 e. The van der Waals surface area contributed by atoms with Crippen molar-refractivity contribution in [3.05, 3.63) is 30.1 Å². The lowest BCUT2D eigenvalue weighted by atomic mass is 10.2. The van der Waals surface area contributed by atoms with Gasteiger partial charge in [0.1, 0.15) is 11.6 Å². The number of nitrogens with one attached hydrogen (secondary N) is 2. The summed E-state index contributed by atoms with van der Waals surface area (Å²) >= 11 is 0. The van der Waals surface area contributed by atoms with Crippen LogP contribution in [0.25, 0.3) is 10.9 Å². The molecule has 4 heteroatoms. The molecule has 100 valence electrons. The van der Waals surface area contributed by atoms with Gasteiger partial charge in [-0.15, -0.1) is 0 Å². The van der Waals surface area contributed by atoms with E-state index in [1.807, 2.05) is 12.1 Å². The van der Waals surface area contributed by atoms with Crippen molar-refractivity contribution in [3.63, 3.8) is 0 Å². The molecule has 0 radical (unpaired) electrons. The second-order valence-electron chi connectivity index (χ2n) is 5.02. The van der Waals surface area contributed by atoms with Crippen molar-refractivity contribution in [3.8, 4) is 0 Å². The summed E-state index contributed by atoms with van der Waals surface area (Å²) in [6.07, 6.45) is 3.43. The molecule has 1 aliphatic rings. The van der Waals surface area contributed by atoms with Crippen LogP contribution in [0.2, 0.25) is 0 Å². The molecule has 2 N–H and O–H groups in total. The molecule has 19 heavy (non-hydrogen) atoms. The quantitative estimate of drug-likeness (QED) is 0.883. The molecule has 2 heterocycles. The van der Waals surface area contributed by atoms with Gasteiger partial charge in [0, 0.05) is 11.9 Å². The van der Waals surface area contributed by atoms with E-state index < -0.39 is 0 Å². The maximum atomic E-state index is 4.74. The zero-order valence-electron chi connectivity index (χ0n) is 11.3. The summed E-state index contributed by atoms with van der Waals surface area (Å²) in [5.74, 6) is 1.89. The third-order valence-corrected chi connectivity index (χ3v) is 3.53. The van der Waals surface area contributed by atoms with Crippen LogP contribution in [0.5, 0.6) is 0 Å². The lowest BCUT2D eigenvalue weighted by Crippen LogP contribution is -2.17. The van der Waals surface area contributed by atoms with Crippen molar-refractivity contribution in [1.29, 1.82) is 0 Å². The van der Waals surface area contributed by atoms with Crippen LogP contribution in [-0.4, -0.2) is 23.1 Å². The topological polar surface area (TPSA) is 49.8 Å². The Balaban J connectivity index is 2.03. The monoisotopic (exact) mass is 256 g/mol. The molecule has 4 nitrogen and oxygen atoms in total. The van der Waals surface area contributed by atoms with Crippen LogP contribution in [0.1, 0.15) is 38.1 Å². The van der Waals surface area contributed by atoms with Gasteiger partial charge in [-0.2, -0.15) is 0 Å². The van der Waals surface area contributed by atoms with E-state index in [4.69, 9.17) is 9.97 Å². The number of aromatic nitrogens is 2. The highest BCUT2D eigenvalue weighted by Crippen LogP contribution is 2.26. The molecule has 1 aromatic heterocycles. The zero-order valence-corrected chi connectivity index (χ0v) is 11.3. The molecule has 0 amide bonds. The number of para-hydroxylation sites is 1. The number of anilines is 1. The van der Waals surface area contributed by atoms with Crippen LogP contribution in [0.15, 0.2) is 24.3 Å². The largest absolute Gasteiger partial charge is 0.369 e. The molecule has 0 saturated carbocycles. The summed E-state index contributed by atoms with van der Waals surface area (Å²) in [7, 11) is 0. The molecule has 1 fully saturated rings. The van der Waals surface area contributed by atoms with E-state index in [9.17, 15) is 0 Å². The first-order valence-electron chi connectivity index (χ1n) is 7.12. The van der Waals surface area contributed by atoms with Gasteiger partial charge in [0.15, 0.2) is 0 Å². The molecule has 3 rings (SSSR count). The van der Waals surface area contributed by atoms with Gasteiger partial charge in [0.05, 0.1) is 11.6 Å². The third-order valence-electron chi connectivity index (χ3n) is 3.53. The minimum absolute atomic E-state index is 0.312. The fourth-order valence-electron chi connectivity index (χ4n) is 2.53. The highest BCUT2D eigenvalue weighted by atomic mass is 15.1. The van der Waals surface area contributed by atoms with Crippen molar-refractivity contribution in [1.82, 2.24) is 15.3 Å². The predicted octanol–water partition coefficient (Wildman–Crippen LogP) is 2.88. The van der Waals surface area contributed by atoms with Gasteiger partial charge in [-0.25, -0.2) is 9.97 Å². The fourth-order valence-corrected chi connectivity index (χ4v) is 2.53. The second-order valence-corrected chi connectivity index (χ2v) is 5.02. The average Bonchev–Trinajstić information content (AvgIpc) is 2.98. The molecule has 0 spiro atoms. The molecule has 2 aromatic rings. The average molecular weight is 256 g/mol. The number of fused-ring (bicyclic) bond motifs is 1. The lowest BCUT2D eigenvalue weighted by molar-refractivity contribution is 0.608. The van der Waals surface area contributed by atoms with E-state index in [-0.39, 0.29) is 0 Å². The van der Waals surface area contributed by atoms with Crippen molar-refractivity contribution in [2.45, 2.75) is 32.2 Å². The molecule has 1 saturated heterocycles. The Labute approximate surface area is 113 Å². The Morgan fingerprint density at radius 1 is 1.32 bits per heavy atom. The molecule has 1 unspecified atom stereocenters. The van der Waals surface area contributed by atoms with Crippen LogP contribution < -0.4 is 10.6 Å². The first kappa shape index (κ1) is 12.4. The Hall–Kier alpha value is -1.68. The highest BCUT2D eigenvalue weighted by molar-refractivity contribution is 5.89. The van der Waals surface area contributed by atoms with Gasteiger partial charge in [-0.05, 0) is 37.9 Å². The number of benzene rings is 1. The van der Waals surface area contributed by atoms with E-state index in [0.717, 1.165) is 48.5 Å². The van der Waals surface area contributed by atoms with Crippen LogP contribution in [0.3, 0.4) is 0 Å². The Morgan fingerprint density at radius 3 is 3.00 bits per heavy atom. The minimum Gasteiger partial charge on any atom is -0.369 e. The van der Waals surface area contributed by atoms with E-state index >= 15 is 0 Å². The number of nitrogens with zero attached hydrogens (tertiary/aromatic N) is 2. The van der Waals surface area contributed by atoms with E-state index in [2.05, 4.69) is 29.7 Å². The third kappa shape index (κ3) is 2.54. The van der Waals surface area contributed by atoms with Crippen LogP contribution >= 0.6 is 0 Å². The van der Waals surface area contributed by atoms with Crippen LogP contribution in [-0.2, 0) is 0 Å². The first-order valence-corrected chi connectivity index (χ1v) is 7.12. The van der Waals surface area contributed by atoms with Gasteiger partial charge in [0.2, 0.25) is 0 Å². The summed E-state index contributed by atoms with van der Waals surface area (Å²) < 4.78 is 0. The number of rotatable bonds is 4. The van der Waals surface area contributed by atoms with Gasteiger partial charge < -0.3 is 10.6 Å². The summed E-state index contributed by atoms with van der Waals surface area (Å²) in [5, 5.41) is 8.00. The fraction of sp³-hybridized carbons (Fsp3) is 0.467. The summed E-state index contributed by atoms with van der Waals surface area (Å²) in [6.45, 7) is 4.17. The van der Waals surface area contributed by atoms with E-state index in [0.29, 0.717) is 6.04 Å². The molecule has 0 bridgehead atoms. The van der Waals surface area contributed by atoms with Gasteiger partial charge in [0.25, 0.3) is 0 Å². The molecule has 1 aromatic carbocycles. The Kier molecular flexibility index (Phi) is 3.60. The lowest BCUT2D eigenvalue weighted by Gasteiger charge is -2.13.